The highest BCUT2D eigenvalue weighted by Crippen LogP contribution is 2.34. The van der Waals surface area contributed by atoms with E-state index < -0.39 is 0 Å². The molecule has 0 fully saturated rings. The molecular formula is C21H39N3O. The minimum absolute atomic E-state index is 0.765. The molecule has 0 atom stereocenters. The van der Waals surface area contributed by atoms with Crippen LogP contribution in [-0.2, 0) is 13.1 Å². The lowest BCUT2D eigenvalue weighted by molar-refractivity contribution is 0.313. The molecule has 25 heavy (non-hydrogen) atoms. The molecule has 0 spiro atoms. The summed E-state index contributed by atoms with van der Waals surface area (Å²) in [6.07, 6.45) is 4.46. The predicted octanol–water partition coefficient (Wildman–Crippen LogP) is 4.32. The van der Waals surface area contributed by atoms with Gasteiger partial charge in [0.25, 0.3) is 0 Å². The molecule has 0 saturated carbocycles. The molecule has 0 unspecified atom stereocenters. The van der Waals surface area contributed by atoms with Gasteiger partial charge in [-0.2, -0.15) is 0 Å². The van der Waals surface area contributed by atoms with Crippen LogP contribution in [0.15, 0.2) is 12.1 Å². The summed E-state index contributed by atoms with van der Waals surface area (Å²) >= 11 is 0. The number of nitrogens with one attached hydrogen (secondary N) is 2. The fraction of sp³-hybridized carbons (Fsp3) is 0.714. The lowest BCUT2D eigenvalue weighted by Gasteiger charge is -2.25. The third-order valence-corrected chi connectivity index (χ3v) is 4.12. The van der Waals surface area contributed by atoms with Crippen LogP contribution in [0.1, 0.15) is 64.5 Å². The Bertz CT molecular complexity index is 476. The Morgan fingerprint density at radius 2 is 1.56 bits per heavy atom. The molecule has 1 aromatic rings. The van der Waals surface area contributed by atoms with Crippen molar-refractivity contribution in [3.8, 4) is 5.75 Å². The first kappa shape index (κ1) is 21.8. The van der Waals surface area contributed by atoms with Crippen molar-refractivity contribution in [2.45, 2.75) is 66.5 Å². The van der Waals surface area contributed by atoms with E-state index in [2.05, 4.69) is 62.4 Å². The molecule has 1 rings (SSSR count). The number of benzene rings is 1. The van der Waals surface area contributed by atoms with Crippen LogP contribution in [0.4, 0.5) is 5.69 Å². The summed E-state index contributed by atoms with van der Waals surface area (Å²) in [5.74, 6) is 1.06. The number of anilines is 1. The second-order valence-corrected chi connectivity index (χ2v) is 6.73. The van der Waals surface area contributed by atoms with Gasteiger partial charge in [0.05, 0.1) is 12.3 Å². The summed E-state index contributed by atoms with van der Waals surface area (Å²) in [5.41, 5.74) is 3.83. The van der Waals surface area contributed by atoms with Gasteiger partial charge in [-0.25, -0.2) is 0 Å². The lowest BCUT2D eigenvalue weighted by atomic mass is 10.1. The quantitative estimate of drug-likeness (QED) is 0.490. The van der Waals surface area contributed by atoms with Crippen molar-refractivity contribution in [1.29, 1.82) is 0 Å². The molecule has 144 valence electrons. The molecule has 0 bridgehead atoms. The van der Waals surface area contributed by atoms with Crippen LogP contribution in [0.25, 0.3) is 0 Å². The van der Waals surface area contributed by atoms with Crippen molar-refractivity contribution >= 4 is 5.69 Å². The van der Waals surface area contributed by atoms with Gasteiger partial charge in [-0.05, 0) is 56.5 Å². The molecular weight excluding hydrogens is 310 g/mol. The minimum atomic E-state index is 0.765. The zero-order valence-corrected chi connectivity index (χ0v) is 17.1. The van der Waals surface area contributed by atoms with Crippen molar-refractivity contribution in [2.24, 2.45) is 0 Å². The number of rotatable bonds is 14. The van der Waals surface area contributed by atoms with Crippen LogP contribution < -0.4 is 20.3 Å². The topological polar surface area (TPSA) is 36.5 Å². The summed E-state index contributed by atoms with van der Waals surface area (Å²) in [7, 11) is 2.17. The highest BCUT2D eigenvalue weighted by molar-refractivity contribution is 5.63. The van der Waals surface area contributed by atoms with Crippen molar-refractivity contribution in [3.05, 3.63) is 23.3 Å². The molecule has 1 aromatic carbocycles. The van der Waals surface area contributed by atoms with Crippen molar-refractivity contribution < 1.29 is 4.74 Å². The largest absolute Gasteiger partial charge is 0.491 e. The predicted molar refractivity (Wildman–Crippen MR) is 110 cm³/mol. The third kappa shape index (κ3) is 7.66. The lowest BCUT2D eigenvalue weighted by Crippen LogP contribution is -2.22. The molecule has 2 N–H and O–H groups in total. The van der Waals surface area contributed by atoms with Crippen molar-refractivity contribution in [2.75, 3.05) is 38.2 Å². The molecule has 0 aliphatic heterocycles. The molecule has 0 radical (unpaired) electrons. The van der Waals surface area contributed by atoms with E-state index in [1.807, 2.05) is 0 Å². The smallest absolute Gasteiger partial charge is 0.147 e. The van der Waals surface area contributed by atoms with Crippen LogP contribution in [0, 0.1) is 0 Å². The summed E-state index contributed by atoms with van der Waals surface area (Å²) < 4.78 is 6.19. The second-order valence-electron chi connectivity index (χ2n) is 6.73. The molecule has 4 heteroatoms. The van der Waals surface area contributed by atoms with Gasteiger partial charge in [-0.15, -0.1) is 0 Å². The van der Waals surface area contributed by atoms with Crippen molar-refractivity contribution in [3.63, 3.8) is 0 Å². The summed E-state index contributed by atoms with van der Waals surface area (Å²) in [4.78, 5) is 2.33. The summed E-state index contributed by atoms with van der Waals surface area (Å²) in [6, 6.07) is 4.60. The van der Waals surface area contributed by atoms with E-state index in [1.54, 1.807) is 0 Å². The van der Waals surface area contributed by atoms with E-state index in [-0.39, 0.29) is 0 Å². The summed E-state index contributed by atoms with van der Waals surface area (Å²) in [6.45, 7) is 14.5. The van der Waals surface area contributed by atoms with Gasteiger partial charge in [0, 0.05) is 32.2 Å². The van der Waals surface area contributed by atoms with Crippen LogP contribution in [0.3, 0.4) is 0 Å². The molecule has 0 amide bonds. The van der Waals surface area contributed by atoms with Gasteiger partial charge < -0.3 is 20.3 Å². The Hall–Kier alpha value is -1.26. The SMILES string of the molecule is CCCNCc1cc(CNCCC)c(OCCC)c(N(C)CCC)c1. The van der Waals surface area contributed by atoms with E-state index in [0.717, 1.165) is 70.8 Å². The average Bonchev–Trinajstić information content (AvgIpc) is 2.61. The van der Waals surface area contributed by atoms with Gasteiger partial charge in [-0.3, -0.25) is 0 Å². The van der Waals surface area contributed by atoms with Crippen LogP contribution in [0.2, 0.25) is 0 Å². The number of hydrogen-bond acceptors (Lipinski definition) is 4. The Balaban J connectivity index is 3.14. The average molecular weight is 350 g/mol. The number of ether oxygens (including phenoxy) is 1. The first-order valence-electron chi connectivity index (χ1n) is 10.1. The van der Waals surface area contributed by atoms with E-state index in [4.69, 9.17) is 4.74 Å². The fourth-order valence-corrected chi connectivity index (χ4v) is 2.89. The molecule has 0 heterocycles. The molecule has 0 aliphatic carbocycles. The van der Waals surface area contributed by atoms with E-state index in [9.17, 15) is 0 Å². The molecule has 0 aliphatic rings. The molecule has 0 saturated heterocycles. The zero-order valence-electron chi connectivity index (χ0n) is 17.1. The van der Waals surface area contributed by atoms with Crippen LogP contribution in [0.5, 0.6) is 5.75 Å². The third-order valence-electron chi connectivity index (χ3n) is 4.12. The summed E-state index contributed by atoms with van der Waals surface area (Å²) in [5, 5.41) is 7.07. The number of nitrogens with zero attached hydrogens (tertiary/aromatic N) is 1. The van der Waals surface area contributed by atoms with Crippen molar-refractivity contribution in [1.82, 2.24) is 10.6 Å². The Morgan fingerprint density at radius 3 is 2.16 bits per heavy atom. The van der Waals surface area contributed by atoms with E-state index in [1.165, 1.54) is 16.8 Å². The van der Waals surface area contributed by atoms with Gasteiger partial charge in [0.1, 0.15) is 5.75 Å². The van der Waals surface area contributed by atoms with E-state index >= 15 is 0 Å². The fourth-order valence-electron chi connectivity index (χ4n) is 2.89. The molecule has 0 aromatic heterocycles. The number of hydrogen-bond donors (Lipinski definition) is 2. The van der Waals surface area contributed by atoms with Gasteiger partial charge in [0.2, 0.25) is 0 Å². The Morgan fingerprint density at radius 1 is 0.880 bits per heavy atom. The normalized spacial score (nSPS) is 10.9. The van der Waals surface area contributed by atoms with E-state index in [0.29, 0.717) is 0 Å². The highest BCUT2D eigenvalue weighted by Gasteiger charge is 2.15. The molecule has 4 nitrogen and oxygen atoms in total. The van der Waals surface area contributed by atoms with Crippen LogP contribution >= 0.6 is 0 Å². The standard InChI is InChI=1S/C21H39N3O/c1-6-10-22-16-18-14-19(17-23-11-7-2)21(25-13-9-4)20(15-18)24(5)12-8-3/h14-15,22-23H,6-13,16-17H2,1-5H3. The minimum Gasteiger partial charge on any atom is -0.491 e. The first-order chi connectivity index (χ1) is 12.2. The Kier molecular flexibility index (Phi) is 11.3. The van der Waals surface area contributed by atoms with Crippen LogP contribution in [-0.4, -0.2) is 33.3 Å². The second kappa shape index (κ2) is 13.0. The Labute approximate surface area is 155 Å². The highest BCUT2D eigenvalue weighted by atomic mass is 16.5. The maximum Gasteiger partial charge on any atom is 0.147 e. The van der Waals surface area contributed by atoms with Gasteiger partial charge in [-0.1, -0.05) is 27.7 Å². The first-order valence-corrected chi connectivity index (χ1v) is 10.1. The zero-order chi connectivity index (χ0) is 18.5. The maximum atomic E-state index is 6.19. The van der Waals surface area contributed by atoms with Gasteiger partial charge >= 0.3 is 0 Å². The maximum absolute atomic E-state index is 6.19. The monoisotopic (exact) mass is 349 g/mol. The van der Waals surface area contributed by atoms with Gasteiger partial charge in [0.15, 0.2) is 0 Å².